The van der Waals surface area contributed by atoms with Crippen LogP contribution in [-0.2, 0) is 9.47 Å². The summed E-state index contributed by atoms with van der Waals surface area (Å²) >= 11 is 0. The fourth-order valence-corrected chi connectivity index (χ4v) is 4.62. The number of hydrogen-bond donors (Lipinski definition) is 3. The van der Waals surface area contributed by atoms with Gasteiger partial charge in [-0.3, -0.25) is 14.5 Å². The van der Waals surface area contributed by atoms with Crippen molar-refractivity contribution in [1.82, 2.24) is 24.5 Å². The van der Waals surface area contributed by atoms with Gasteiger partial charge in [0.2, 0.25) is 0 Å². The number of rotatable bonds is 6. The molecule has 4 heterocycles. The van der Waals surface area contributed by atoms with Gasteiger partial charge in [-0.2, -0.15) is 9.61 Å². The normalized spacial score (nSPS) is 20.5. The third-order valence-corrected chi connectivity index (χ3v) is 6.77. The lowest BCUT2D eigenvalue weighted by Crippen LogP contribution is -2.42. The van der Waals surface area contributed by atoms with E-state index in [1.807, 2.05) is 0 Å². The van der Waals surface area contributed by atoms with Crippen molar-refractivity contribution in [2.24, 2.45) is 0 Å². The molecule has 1 aliphatic heterocycles. The summed E-state index contributed by atoms with van der Waals surface area (Å²) in [6, 6.07) is 3.20. The molecule has 220 valence electrons. The second-order valence-electron chi connectivity index (χ2n) is 11.2. The van der Waals surface area contributed by atoms with Crippen LogP contribution in [-0.4, -0.2) is 80.2 Å². The maximum absolute atomic E-state index is 13.5. The zero-order valence-corrected chi connectivity index (χ0v) is 22.9. The van der Waals surface area contributed by atoms with Gasteiger partial charge >= 0.3 is 6.09 Å². The van der Waals surface area contributed by atoms with Crippen LogP contribution in [0.5, 0.6) is 0 Å². The fourth-order valence-electron chi connectivity index (χ4n) is 4.62. The number of carbonyl (C=O) groups excluding carboxylic acids is 2. The number of aromatic nitrogens is 4. The summed E-state index contributed by atoms with van der Waals surface area (Å²) < 4.78 is 40.1. The van der Waals surface area contributed by atoms with Crippen LogP contribution in [0.2, 0.25) is 0 Å². The van der Waals surface area contributed by atoms with Crippen LogP contribution < -0.4 is 21.1 Å². The first kappa shape index (κ1) is 28.4. The lowest BCUT2D eigenvalue weighted by molar-refractivity contribution is -0.104. The van der Waals surface area contributed by atoms with Crippen LogP contribution >= 0.6 is 0 Å². The zero-order valence-electron chi connectivity index (χ0n) is 22.9. The van der Waals surface area contributed by atoms with E-state index in [-0.39, 0.29) is 41.7 Å². The Bertz CT molecular complexity index is 1540. The highest BCUT2D eigenvalue weighted by atomic mass is 19.3. The van der Waals surface area contributed by atoms with Crippen LogP contribution in [0.25, 0.3) is 5.65 Å². The van der Waals surface area contributed by atoms with E-state index in [4.69, 9.17) is 9.47 Å². The molecule has 2 aliphatic rings. The molecule has 3 aromatic heterocycles. The molecule has 0 spiro atoms. The van der Waals surface area contributed by atoms with Gasteiger partial charge in [0.15, 0.2) is 5.65 Å². The van der Waals surface area contributed by atoms with Gasteiger partial charge in [0, 0.05) is 38.2 Å². The summed E-state index contributed by atoms with van der Waals surface area (Å²) in [7, 11) is 1.45. The summed E-state index contributed by atoms with van der Waals surface area (Å²) in [6.45, 7) is 5.35. The van der Waals surface area contributed by atoms with E-state index in [0.717, 1.165) is 0 Å². The van der Waals surface area contributed by atoms with E-state index in [2.05, 4.69) is 20.7 Å². The number of anilines is 3. The molecule has 1 saturated heterocycles. The minimum atomic E-state index is -2.80. The second kappa shape index (κ2) is 10.4. The van der Waals surface area contributed by atoms with Gasteiger partial charge in [0.05, 0.1) is 31.6 Å². The monoisotopic (exact) mass is 575 g/mol. The highest BCUT2D eigenvalue weighted by Gasteiger charge is 2.46. The predicted octanol–water partition coefficient (Wildman–Crippen LogP) is 2.47. The Morgan fingerprint density at radius 3 is 2.63 bits per heavy atom. The van der Waals surface area contributed by atoms with E-state index in [1.54, 1.807) is 26.8 Å². The van der Waals surface area contributed by atoms with Crippen molar-refractivity contribution >= 4 is 35.0 Å². The Kier molecular flexibility index (Phi) is 7.19. The third kappa shape index (κ3) is 5.86. The Hall–Kier alpha value is -4.11. The number of nitrogens with one attached hydrogen (secondary N) is 2. The Morgan fingerprint density at radius 1 is 1.27 bits per heavy atom. The Labute approximate surface area is 233 Å². The van der Waals surface area contributed by atoms with Crippen LogP contribution in [0.3, 0.4) is 0 Å². The standard InChI is InChI=1S/C26H31F2N7O6/c1-25(2,3)41-24(39)33(4)20-8-19(30-16-6-5-7-34(23(16)38)14-9-26(27,28)10-14)32-21-15(11-29-35(20)21)22(37)31-17-12-40-13-18(17)36/h5-8,11,14,17-18,36H,9-10,12-13H2,1-4H3,(H,30,32)(H,31,37)/t17?,18-/m1/s1. The molecule has 1 aliphatic carbocycles. The van der Waals surface area contributed by atoms with E-state index in [1.165, 1.54) is 45.6 Å². The first-order chi connectivity index (χ1) is 19.2. The van der Waals surface area contributed by atoms with Gasteiger partial charge < -0.3 is 29.8 Å². The number of ether oxygens (including phenoxy) is 2. The Balaban J connectivity index is 1.53. The molecule has 2 atom stereocenters. The molecule has 15 heteroatoms. The maximum atomic E-state index is 13.5. The minimum Gasteiger partial charge on any atom is -0.443 e. The number of carbonyl (C=O) groups is 2. The van der Waals surface area contributed by atoms with Crippen LogP contribution in [0, 0.1) is 0 Å². The van der Waals surface area contributed by atoms with Crippen molar-refractivity contribution in [2.75, 3.05) is 30.5 Å². The number of nitrogens with zero attached hydrogens (tertiary/aromatic N) is 5. The molecule has 2 fully saturated rings. The average Bonchev–Trinajstić information content (AvgIpc) is 3.48. The van der Waals surface area contributed by atoms with Crippen molar-refractivity contribution in [3.05, 3.63) is 46.5 Å². The molecule has 3 aromatic rings. The number of halogens is 2. The van der Waals surface area contributed by atoms with Crippen LogP contribution in [0.15, 0.2) is 35.4 Å². The van der Waals surface area contributed by atoms with Crippen LogP contribution in [0.1, 0.15) is 50.0 Å². The Morgan fingerprint density at radius 2 is 2.00 bits per heavy atom. The van der Waals surface area contributed by atoms with E-state index in [9.17, 15) is 28.3 Å². The number of aliphatic hydroxyl groups excluding tert-OH is 1. The molecule has 5 rings (SSSR count). The van der Waals surface area contributed by atoms with E-state index < -0.39 is 60.1 Å². The third-order valence-electron chi connectivity index (χ3n) is 6.77. The van der Waals surface area contributed by atoms with Gasteiger partial charge in [-0.25, -0.2) is 18.6 Å². The highest BCUT2D eigenvalue weighted by molar-refractivity contribution is 6.00. The van der Waals surface area contributed by atoms with Crippen molar-refractivity contribution in [1.29, 1.82) is 0 Å². The molecule has 3 N–H and O–H groups in total. The SMILES string of the molecule is CN(C(=O)OC(C)(C)C)c1cc(Nc2cccn(C3CC(F)(F)C3)c2=O)nc2c(C(=O)NC3COC[C@H]3O)cnn12. The van der Waals surface area contributed by atoms with Gasteiger partial charge in [0.1, 0.15) is 28.5 Å². The predicted molar refractivity (Wildman–Crippen MR) is 143 cm³/mol. The number of fused-ring (bicyclic) bond motifs is 1. The molecule has 0 bridgehead atoms. The van der Waals surface area contributed by atoms with Crippen molar-refractivity contribution in [3.8, 4) is 0 Å². The molecule has 1 unspecified atom stereocenters. The van der Waals surface area contributed by atoms with Gasteiger partial charge in [0.25, 0.3) is 17.4 Å². The summed E-state index contributed by atoms with van der Waals surface area (Å²) in [5.41, 5.74) is -1.19. The minimum absolute atomic E-state index is 0.0359. The lowest BCUT2D eigenvalue weighted by Gasteiger charge is -2.36. The first-order valence-electron chi connectivity index (χ1n) is 13.0. The topological polar surface area (TPSA) is 152 Å². The molecule has 41 heavy (non-hydrogen) atoms. The summed E-state index contributed by atoms with van der Waals surface area (Å²) in [5, 5.41) is 19.9. The second-order valence-corrected chi connectivity index (χ2v) is 11.2. The maximum Gasteiger partial charge on any atom is 0.415 e. The molecule has 0 radical (unpaired) electrons. The summed E-state index contributed by atoms with van der Waals surface area (Å²) in [4.78, 5) is 44.9. The highest BCUT2D eigenvalue weighted by Crippen LogP contribution is 2.44. The van der Waals surface area contributed by atoms with Gasteiger partial charge in [-0.05, 0) is 32.9 Å². The van der Waals surface area contributed by atoms with Gasteiger partial charge in [-0.1, -0.05) is 0 Å². The molecule has 2 amide bonds. The fraction of sp³-hybridized carbons (Fsp3) is 0.500. The number of hydrogen-bond acceptors (Lipinski definition) is 9. The molecule has 13 nitrogen and oxygen atoms in total. The first-order valence-corrected chi connectivity index (χ1v) is 13.0. The molecule has 1 saturated carbocycles. The number of amides is 2. The summed E-state index contributed by atoms with van der Waals surface area (Å²) in [6.07, 6.45) is 0.266. The van der Waals surface area contributed by atoms with Gasteiger partial charge in [-0.15, -0.1) is 0 Å². The number of alkyl halides is 2. The number of aliphatic hydroxyl groups is 1. The van der Waals surface area contributed by atoms with Crippen molar-refractivity contribution in [2.45, 2.75) is 63.3 Å². The van der Waals surface area contributed by atoms with Crippen molar-refractivity contribution < 1.29 is 33.0 Å². The van der Waals surface area contributed by atoms with E-state index in [0.29, 0.717) is 0 Å². The lowest BCUT2D eigenvalue weighted by atomic mass is 9.88. The largest absolute Gasteiger partial charge is 0.443 e. The smallest absolute Gasteiger partial charge is 0.415 e. The average molecular weight is 576 g/mol. The molecule has 0 aromatic carbocycles. The van der Waals surface area contributed by atoms with Crippen molar-refractivity contribution in [3.63, 3.8) is 0 Å². The molecular weight excluding hydrogens is 544 g/mol. The quantitative estimate of drug-likeness (QED) is 0.402. The number of pyridine rings is 1. The zero-order chi connectivity index (χ0) is 29.7. The summed E-state index contributed by atoms with van der Waals surface area (Å²) in [5.74, 6) is -3.15. The molecular formula is C26H31F2N7O6. The van der Waals surface area contributed by atoms with E-state index >= 15 is 0 Å². The van der Waals surface area contributed by atoms with Crippen LogP contribution in [0.4, 0.5) is 30.9 Å².